The van der Waals surface area contributed by atoms with E-state index < -0.39 is 11.6 Å². The Balaban J connectivity index is 2.59. The number of allylic oxidation sites excluding steroid dienone is 4. The molecule has 2 rings (SSSR count). The van der Waals surface area contributed by atoms with Crippen molar-refractivity contribution in [2.75, 3.05) is 0 Å². The Hall–Kier alpha value is -4.61. The maximum absolute atomic E-state index is 11.1. The number of hydrogen-bond acceptors (Lipinski definition) is 7. The van der Waals surface area contributed by atoms with Gasteiger partial charge in [-0.25, -0.2) is 0 Å². The number of carbonyl (C=O) groups excluding carboxylic acids is 2. The van der Waals surface area contributed by atoms with E-state index in [1.54, 1.807) is 61.6 Å². The van der Waals surface area contributed by atoms with Crippen molar-refractivity contribution in [2.24, 2.45) is 0 Å². The van der Waals surface area contributed by atoms with E-state index in [9.17, 15) is 25.4 Å². The Labute approximate surface area is 179 Å². The lowest BCUT2D eigenvalue weighted by atomic mass is 9.86. The topological polar surface area (TPSA) is 136 Å². The first-order valence-electron chi connectivity index (χ1n) is 9.04. The zero-order chi connectivity index (χ0) is 23.0. The normalized spacial score (nSPS) is 17.6. The molecular formula is C23H18N4O4. The quantitative estimate of drug-likeness (QED) is 0.338. The van der Waals surface area contributed by atoms with E-state index in [1.807, 2.05) is 6.07 Å². The Bertz CT molecular complexity index is 1140. The predicted molar refractivity (Wildman–Crippen MR) is 109 cm³/mol. The molecule has 0 aromatic heterocycles. The van der Waals surface area contributed by atoms with Crippen LogP contribution in [0.15, 0.2) is 71.2 Å². The van der Waals surface area contributed by atoms with E-state index in [4.69, 9.17) is 9.47 Å². The number of rotatable bonds is 5. The molecule has 0 spiro atoms. The van der Waals surface area contributed by atoms with Crippen LogP contribution in [-0.2, 0) is 19.9 Å². The summed E-state index contributed by atoms with van der Waals surface area (Å²) in [7, 11) is 0. The highest BCUT2D eigenvalue weighted by Crippen LogP contribution is 2.47. The third-order valence-electron chi connectivity index (χ3n) is 4.30. The molecule has 1 aliphatic heterocycles. The molecule has 0 bridgehead atoms. The molecule has 1 N–H and O–H groups in total. The molecule has 1 atom stereocenters. The molecular weight excluding hydrogens is 396 g/mol. The van der Waals surface area contributed by atoms with Gasteiger partial charge in [-0.15, -0.1) is 0 Å². The number of ether oxygens (including phenoxy) is 2. The standard InChI is InChI=1S/C23H18N4O4/c1-15(28)27-11-5-4-6-21-20(14-26)22(17(12-24)13-25)31-23(21,3)18-7-9-19(10-8-18)30-16(2)29/h4-11H,1-3H3,(H,27,28). The van der Waals surface area contributed by atoms with Gasteiger partial charge in [0.05, 0.1) is 0 Å². The second-order valence-electron chi connectivity index (χ2n) is 6.50. The van der Waals surface area contributed by atoms with Crippen molar-refractivity contribution in [3.63, 3.8) is 0 Å². The lowest BCUT2D eigenvalue weighted by Gasteiger charge is -2.27. The molecule has 8 nitrogen and oxygen atoms in total. The van der Waals surface area contributed by atoms with Gasteiger partial charge in [0.25, 0.3) is 0 Å². The molecule has 0 aliphatic carbocycles. The van der Waals surface area contributed by atoms with Crippen LogP contribution in [0.25, 0.3) is 0 Å². The third-order valence-corrected chi connectivity index (χ3v) is 4.30. The highest BCUT2D eigenvalue weighted by atomic mass is 16.5. The molecule has 1 amide bonds. The van der Waals surface area contributed by atoms with Crippen molar-refractivity contribution in [3.05, 3.63) is 76.7 Å². The molecule has 1 heterocycles. The molecule has 0 saturated carbocycles. The van der Waals surface area contributed by atoms with Crippen LogP contribution in [0.2, 0.25) is 0 Å². The monoisotopic (exact) mass is 414 g/mol. The lowest BCUT2D eigenvalue weighted by Crippen LogP contribution is -2.23. The van der Waals surface area contributed by atoms with Crippen LogP contribution in [0, 0.1) is 34.0 Å². The zero-order valence-electron chi connectivity index (χ0n) is 17.1. The summed E-state index contributed by atoms with van der Waals surface area (Å²) in [6, 6.07) is 12.0. The number of nitrogens with one attached hydrogen (secondary N) is 1. The minimum atomic E-state index is -1.20. The van der Waals surface area contributed by atoms with E-state index in [0.29, 0.717) is 16.9 Å². The van der Waals surface area contributed by atoms with Crippen molar-refractivity contribution in [1.29, 1.82) is 15.8 Å². The maximum atomic E-state index is 11.1. The first kappa shape index (κ1) is 22.7. The van der Waals surface area contributed by atoms with Crippen molar-refractivity contribution in [1.82, 2.24) is 5.32 Å². The van der Waals surface area contributed by atoms with Crippen LogP contribution in [0.1, 0.15) is 26.3 Å². The first-order chi connectivity index (χ1) is 14.8. The molecule has 1 aliphatic rings. The van der Waals surface area contributed by atoms with Gasteiger partial charge >= 0.3 is 5.97 Å². The SMILES string of the molecule is CC(=O)NC=CC=CC1=C(C#N)C(=C(C#N)C#N)OC1(C)c1ccc(OC(C)=O)cc1. The lowest BCUT2D eigenvalue weighted by molar-refractivity contribution is -0.131. The fourth-order valence-electron chi connectivity index (χ4n) is 2.92. The predicted octanol–water partition coefficient (Wildman–Crippen LogP) is 3.18. The summed E-state index contributed by atoms with van der Waals surface area (Å²) < 4.78 is 11.0. The van der Waals surface area contributed by atoms with E-state index in [0.717, 1.165) is 0 Å². The molecule has 0 fully saturated rings. The smallest absolute Gasteiger partial charge is 0.308 e. The number of esters is 1. The zero-order valence-corrected chi connectivity index (χ0v) is 17.1. The number of nitrogens with zero attached hydrogens (tertiary/aromatic N) is 3. The van der Waals surface area contributed by atoms with Crippen LogP contribution in [0.5, 0.6) is 5.75 Å². The summed E-state index contributed by atoms with van der Waals surface area (Å²) in [5, 5.41) is 30.8. The van der Waals surface area contributed by atoms with Crippen LogP contribution in [0.3, 0.4) is 0 Å². The van der Waals surface area contributed by atoms with Gasteiger partial charge < -0.3 is 14.8 Å². The Morgan fingerprint density at radius 3 is 2.26 bits per heavy atom. The van der Waals surface area contributed by atoms with Gasteiger partial charge in [0.15, 0.2) is 16.9 Å². The molecule has 154 valence electrons. The van der Waals surface area contributed by atoms with Gasteiger partial charge in [0.1, 0.15) is 29.5 Å². The van der Waals surface area contributed by atoms with Gasteiger partial charge in [-0.05, 0) is 30.7 Å². The van der Waals surface area contributed by atoms with E-state index >= 15 is 0 Å². The Kier molecular flexibility index (Phi) is 7.12. The van der Waals surface area contributed by atoms with Gasteiger partial charge in [-0.1, -0.05) is 24.3 Å². The number of benzene rings is 1. The molecule has 8 heteroatoms. The summed E-state index contributed by atoms with van der Waals surface area (Å²) in [6.07, 6.45) is 6.19. The van der Waals surface area contributed by atoms with Crippen molar-refractivity contribution >= 4 is 11.9 Å². The van der Waals surface area contributed by atoms with E-state index in [-0.39, 0.29) is 22.8 Å². The second kappa shape index (κ2) is 9.73. The molecule has 1 aromatic rings. The van der Waals surface area contributed by atoms with Gasteiger partial charge in [0, 0.05) is 25.6 Å². The summed E-state index contributed by atoms with van der Waals surface area (Å²) in [5.41, 5.74) is -0.454. The molecule has 0 saturated heterocycles. The van der Waals surface area contributed by atoms with Crippen LogP contribution in [0.4, 0.5) is 0 Å². The van der Waals surface area contributed by atoms with Crippen LogP contribution >= 0.6 is 0 Å². The van der Waals surface area contributed by atoms with Crippen molar-refractivity contribution in [2.45, 2.75) is 26.4 Å². The maximum Gasteiger partial charge on any atom is 0.308 e. The van der Waals surface area contributed by atoms with Crippen molar-refractivity contribution in [3.8, 4) is 24.0 Å². The fraction of sp³-hybridized carbons (Fsp3) is 0.174. The van der Waals surface area contributed by atoms with E-state index in [2.05, 4.69) is 5.32 Å². The minimum Gasteiger partial charge on any atom is -0.474 e. The van der Waals surface area contributed by atoms with Gasteiger partial charge in [-0.3, -0.25) is 9.59 Å². The van der Waals surface area contributed by atoms with Gasteiger partial charge in [0.2, 0.25) is 5.91 Å². The van der Waals surface area contributed by atoms with E-state index in [1.165, 1.54) is 20.0 Å². The van der Waals surface area contributed by atoms with Crippen LogP contribution in [-0.4, -0.2) is 11.9 Å². The number of carbonyl (C=O) groups is 2. The highest BCUT2D eigenvalue weighted by molar-refractivity contribution is 5.74. The first-order valence-corrected chi connectivity index (χ1v) is 9.04. The second-order valence-corrected chi connectivity index (χ2v) is 6.50. The molecule has 31 heavy (non-hydrogen) atoms. The van der Waals surface area contributed by atoms with Crippen LogP contribution < -0.4 is 10.1 Å². The molecule has 1 unspecified atom stereocenters. The number of hydrogen-bond donors (Lipinski definition) is 1. The molecule has 0 radical (unpaired) electrons. The highest BCUT2D eigenvalue weighted by Gasteiger charge is 2.43. The largest absolute Gasteiger partial charge is 0.474 e. The van der Waals surface area contributed by atoms with Gasteiger partial charge in [-0.2, -0.15) is 15.8 Å². The summed E-state index contributed by atoms with van der Waals surface area (Å²) in [4.78, 5) is 22.1. The number of nitriles is 3. The third kappa shape index (κ3) is 5.06. The average Bonchev–Trinajstić information content (AvgIpc) is 3.01. The summed E-state index contributed by atoms with van der Waals surface area (Å²) in [5.74, 6) is -0.468. The average molecular weight is 414 g/mol. The number of amides is 1. The minimum absolute atomic E-state index is 0.0499. The fourth-order valence-corrected chi connectivity index (χ4v) is 2.92. The molecule has 1 aromatic carbocycles. The summed E-state index contributed by atoms with van der Waals surface area (Å²) >= 11 is 0. The van der Waals surface area contributed by atoms with Crippen molar-refractivity contribution < 1.29 is 19.1 Å². The Morgan fingerprint density at radius 2 is 1.74 bits per heavy atom. The Morgan fingerprint density at radius 1 is 1.10 bits per heavy atom. The summed E-state index contributed by atoms with van der Waals surface area (Å²) in [6.45, 7) is 4.35.